The highest BCUT2D eigenvalue weighted by molar-refractivity contribution is 7.89. The van der Waals surface area contributed by atoms with Crippen molar-refractivity contribution in [2.45, 2.75) is 18.7 Å². The molecule has 0 aromatic carbocycles. The first kappa shape index (κ1) is 13.1. The summed E-state index contributed by atoms with van der Waals surface area (Å²) >= 11 is 0. The molecule has 6 heteroatoms. The molecule has 0 aliphatic rings. The first-order valence-electron chi connectivity index (χ1n) is 4.88. The third kappa shape index (κ3) is 3.55. The van der Waals surface area contributed by atoms with E-state index >= 15 is 0 Å². The SMILES string of the molecule is CC(C)(CO)CNS(=O)(=O)c1cccnc1. The topological polar surface area (TPSA) is 79.3 Å². The molecular weight excluding hydrogens is 228 g/mol. The zero-order valence-electron chi connectivity index (χ0n) is 9.34. The first-order valence-corrected chi connectivity index (χ1v) is 6.36. The summed E-state index contributed by atoms with van der Waals surface area (Å²) in [6, 6.07) is 3.03. The second-order valence-electron chi connectivity index (χ2n) is 4.34. The van der Waals surface area contributed by atoms with Crippen molar-refractivity contribution in [3.05, 3.63) is 24.5 Å². The van der Waals surface area contributed by atoms with Gasteiger partial charge in [-0.15, -0.1) is 0 Å². The van der Waals surface area contributed by atoms with E-state index in [-0.39, 0.29) is 18.0 Å². The highest BCUT2D eigenvalue weighted by Crippen LogP contribution is 2.13. The Kier molecular flexibility index (Phi) is 4.01. The zero-order valence-corrected chi connectivity index (χ0v) is 10.2. The van der Waals surface area contributed by atoms with E-state index in [0.29, 0.717) is 0 Å². The molecule has 0 aliphatic carbocycles. The number of aromatic nitrogens is 1. The molecular formula is C10H16N2O3S. The molecule has 0 bridgehead atoms. The molecule has 1 heterocycles. The van der Waals surface area contributed by atoms with E-state index in [1.54, 1.807) is 19.9 Å². The third-order valence-corrected chi connectivity index (χ3v) is 3.50. The van der Waals surface area contributed by atoms with Gasteiger partial charge in [0.1, 0.15) is 4.90 Å². The summed E-state index contributed by atoms with van der Waals surface area (Å²) in [6.07, 6.45) is 2.80. The lowest BCUT2D eigenvalue weighted by Crippen LogP contribution is -2.36. The van der Waals surface area contributed by atoms with Crippen molar-refractivity contribution in [3.63, 3.8) is 0 Å². The fourth-order valence-electron chi connectivity index (χ4n) is 0.936. The van der Waals surface area contributed by atoms with Crippen LogP contribution in [0.25, 0.3) is 0 Å². The average Bonchev–Trinajstić information content (AvgIpc) is 2.28. The Morgan fingerprint density at radius 1 is 1.50 bits per heavy atom. The van der Waals surface area contributed by atoms with Crippen LogP contribution in [0.1, 0.15) is 13.8 Å². The Balaban J connectivity index is 2.75. The highest BCUT2D eigenvalue weighted by Gasteiger charge is 2.21. The maximum Gasteiger partial charge on any atom is 0.242 e. The number of nitrogens with zero attached hydrogens (tertiary/aromatic N) is 1. The molecule has 0 radical (unpaired) electrons. The van der Waals surface area contributed by atoms with Crippen LogP contribution < -0.4 is 4.72 Å². The quantitative estimate of drug-likeness (QED) is 0.784. The Hall–Kier alpha value is -0.980. The summed E-state index contributed by atoms with van der Waals surface area (Å²) in [4.78, 5) is 3.88. The van der Waals surface area contributed by atoms with E-state index in [1.807, 2.05) is 0 Å². The smallest absolute Gasteiger partial charge is 0.242 e. The molecule has 1 aromatic heterocycles. The number of sulfonamides is 1. The fourth-order valence-corrected chi connectivity index (χ4v) is 2.14. The molecule has 0 amide bonds. The molecule has 2 N–H and O–H groups in total. The minimum Gasteiger partial charge on any atom is -0.396 e. The van der Waals surface area contributed by atoms with Crippen molar-refractivity contribution in [2.75, 3.05) is 13.2 Å². The number of aliphatic hydroxyl groups is 1. The van der Waals surface area contributed by atoms with E-state index < -0.39 is 15.4 Å². The van der Waals surface area contributed by atoms with E-state index in [0.717, 1.165) is 0 Å². The predicted octanol–water partition coefficient (Wildman–Crippen LogP) is 0.378. The molecule has 0 aliphatic heterocycles. The van der Waals surface area contributed by atoms with E-state index in [1.165, 1.54) is 18.5 Å². The van der Waals surface area contributed by atoms with Crippen LogP contribution in [0, 0.1) is 5.41 Å². The van der Waals surface area contributed by atoms with Crippen molar-refractivity contribution in [2.24, 2.45) is 5.41 Å². The second-order valence-corrected chi connectivity index (χ2v) is 6.10. The zero-order chi connectivity index (χ0) is 12.2. The minimum atomic E-state index is -3.53. The van der Waals surface area contributed by atoms with Gasteiger partial charge in [-0.1, -0.05) is 13.8 Å². The lowest BCUT2D eigenvalue weighted by atomic mass is 9.96. The number of pyridine rings is 1. The van der Waals surface area contributed by atoms with Crippen LogP contribution in [0.5, 0.6) is 0 Å². The maximum atomic E-state index is 11.8. The number of aliphatic hydroxyl groups excluding tert-OH is 1. The molecule has 0 saturated carbocycles. The van der Waals surface area contributed by atoms with E-state index in [2.05, 4.69) is 9.71 Å². The molecule has 0 saturated heterocycles. The van der Waals surface area contributed by atoms with Crippen molar-refractivity contribution in [1.82, 2.24) is 9.71 Å². The number of nitrogens with one attached hydrogen (secondary N) is 1. The summed E-state index contributed by atoms with van der Waals surface area (Å²) in [7, 11) is -3.53. The number of hydrogen-bond donors (Lipinski definition) is 2. The van der Waals surface area contributed by atoms with Gasteiger partial charge in [0.25, 0.3) is 0 Å². The van der Waals surface area contributed by atoms with Crippen LogP contribution >= 0.6 is 0 Å². The van der Waals surface area contributed by atoms with Crippen LogP contribution in [-0.2, 0) is 10.0 Å². The predicted molar refractivity (Wildman–Crippen MR) is 60.3 cm³/mol. The van der Waals surface area contributed by atoms with E-state index in [9.17, 15) is 8.42 Å². The average molecular weight is 244 g/mol. The number of rotatable bonds is 5. The van der Waals surface area contributed by atoms with Crippen LogP contribution in [0.4, 0.5) is 0 Å². The molecule has 1 rings (SSSR count). The van der Waals surface area contributed by atoms with Gasteiger partial charge in [0, 0.05) is 31.0 Å². The van der Waals surface area contributed by atoms with Gasteiger partial charge in [-0.25, -0.2) is 13.1 Å². The normalized spacial score (nSPS) is 12.7. The monoisotopic (exact) mass is 244 g/mol. The van der Waals surface area contributed by atoms with Gasteiger partial charge < -0.3 is 5.11 Å². The highest BCUT2D eigenvalue weighted by atomic mass is 32.2. The van der Waals surface area contributed by atoms with Crippen molar-refractivity contribution in [3.8, 4) is 0 Å². The van der Waals surface area contributed by atoms with Crippen LogP contribution in [0.3, 0.4) is 0 Å². The molecule has 0 unspecified atom stereocenters. The second kappa shape index (κ2) is 4.90. The Labute approximate surface area is 95.6 Å². The van der Waals surface area contributed by atoms with Crippen LogP contribution in [0.2, 0.25) is 0 Å². The molecule has 16 heavy (non-hydrogen) atoms. The van der Waals surface area contributed by atoms with Gasteiger partial charge in [0.2, 0.25) is 10.0 Å². The van der Waals surface area contributed by atoms with Crippen LogP contribution in [0.15, 0.2) is 29.4 Å². The summed E-state index contributed by atoms with van der Waals surface area (Å²) < 4.78 is 26.0. The molecule has 1 aromatic rings. The molecule has 0 atom stereocenters. The maximum absolute atomic E-state index is 11.8. The molecule has 0 fully saturated rings. The van der Waals surface area contributed by atoms with Crippen molar-refractivity contribution < 1.29 is 13.5 Å². The molecule has 5 nitrogen and oxygen atoms in total. The van der Waals surface area contributed by atoms with Gasteiger partial charge in [-0.3, -0.25) is 4.98 Å². The summed E-state index contributed by atoms with van der Waals surface area (Å²) in [5.74, 6) is 0. The summed E-state index contributed by atoms with van der Waals surface area (Å²) in [6.45, 7) is 3.65. The Bertz CT molecular complexity index is 429. The van der Waals surface area contributed by atoms with Crippen molar-refractivity contribution >= 4 is 10.0 Å². The largest absolute Gasteiger partial charge is 0.396 e. The lowest BCUT2D eigenvalue weighted by molar-refractivity contribution is 0.163. The summed E-state index contributed by atoms with van der Waals surface area (Å²) in [5, 5.41) is 9.01. The van der Waals surface area contributed by atoms with Gasteiger partial charge in [-0.2, -0.15) is 0 Å². The Morgan fingerprint density at radius 3 is 2.69 bits per heavy atom. The van der Waals surface area contributed by atoms with Gasteiger partial charge >= 0.3 is 0 Å². The lowest BCUT2D eigenvalue weighted by Gasteiger charge is -2.21. The Morgan fingerprint density at radius 2 is 2.19 bits per heavy atom. The summed E-state index contributed by atoms with van der Waals surface area (Å²) in [5.41, 5.74) is -0.477. The molecule has 0 spiro atoms. The minimum absolute atomic E-state index is 0.0808. The number of hydrogen-bond acceptors (Lipinski definition) is 4. The van der Waals surface area contributed by atoms with Gasteiger partial charge in [-0.05, 0) is 12.1 Å². The van der Waals surface area contributed by atoms with E-state index in [4.69, 9.17) is 5.11 Å². The standard InChI is InChI=1S/C10H16N2O3S/c1-10(2,8-13)7-12-16(14,15)9-4-3-5-11-6-9/h3-6,12-13H,7-8H2,1-2H3. The first-order chi connectivity index (χ1) is 7.37. The van der Waals surface area contributed by atoms with Crippen LogP contribution in [-0.4, -0.2) is 31.7 Å². The van der Waals surface area contributed by atoms with Gasteiger partial charge in [0.15, 0.2) is 0 Å². The molecule has 90 valence electrons. The third-order valence-electron chi connectivity index (χ3n) is 2.11. The van der Waals surface area contributed by atoms with Gasteiger partial charge in [0.05, 0.1) is 0 Å². The fraction of sp³-hybridized carbons (Fsp3) is 0.500. The van der Waals surface area contributed by atoms with Crippen molar-refractivity contribution in [1.29, 1.82) is 0 Å².